The molecule has 0 aromatic carbocycles. The molecule has 1 fully saturated rings. The second kappa shape index (κ2) is 10.6. The van der Waals surface area contributed by atoms with Crippen molar-refractivity contribution in [3.63, 3.8) is 0 Å². The van der Waals surface area contributed by atoms with Crippen molar-refractivity contribution in [3.05, 3.63) is 0 Å². The Morgan fingerprint density at radius 3 is 2.30 bits per heavy atom. The summed E-state index contributed by atoms with van der Waals surface area (Å²) in [7, 11) is 0. The average molecular weight is 284 g/mol. The Morgan fingerprint density at radius 1 is 1.05 bits per heavy atom. The van der Waals surface area contributed by atoms with Crippen LogP contribution in [0.1, 0.15) is 79.1 Å². The lowest BCUT2D eigenvalue weighted by Crippen LogP contribution is -2.46. The SMILES string of the molecule is CCNC(CCCC(C)C)C(OCC)C1CCCCC1. The van der Waals surface area contributed by atoms with Gasteiger partial charge in [-0.2, -0.15) is 0 Å². The quantitative estimate of drug-likeness (QED) is 0.623. The highest BCUT2D eigenvalue weighted by Gasteiger charge is 2.30. The largest absolute Gasteiger partial charge is 0.377 e. The molecular weight excluding hydrogens is 246 g/mol. The van der Waals surface area contributed by atoms with E-state index < -0.39 is 0 Å². The van der Waals surface area contributed by atoms with Crippen LogP contribution in [0, 0.1) is 11.8 Å². The first-order valence-corrected chi connectivity index (χ1v) is 9.04. The molecule has 0 spiro atoms. The normalized spacial score (nSPS) is 20.2. The lowest BCUT2D eigenvalue weighted by Gasteiger charge is -2.36. The fourth-order valence-electron chi connectivity index (χ4n) is 3.63. The van der Waals surface area contributed by atoms with E-state index in [-0.39, 0.29) is 0 Å². The molecule has 2 unspecified atom stereocenters. The van der Waals surface area contributed by atoms with E-state index in [2.05, 4.69) is 33.0 Å². The van der Waals surface area contributed by atoms with E-state index in [9.17, 15) is 0 Å². The second-order valence-electron chi connectivity index (χ2n) is 6.81. The maximum Gasteiger partial charge on any atom is 0.0755 e. The van der Waals surface area contributed by atoms with Gasteiger partial charge in [0, 0.05) is 12.6 Å². The molecular formula is C18H37NO. The maximum absolute atomic E-state index is 6.19. The van der Waals surface area contributed by atoms with Crippen molar-refractivity contribution in [2.75, 3.05) is 13.2 Å². The van der Waals surface area contributed by atoms with Crippen molar-refractivity contribution in [2.45, 2.75) is 91.2 Å². The standard InChI is InChI=1S/C18H37NO/c1-5-19-17(14-10-11-15(3)4)18(20-6-2)16-12-8-7-9-13-16/h15-19H,5-14H2,1-4H3. The summed E-state index contributed by atoms with van der Waals surface area (Å²) in [6.07, 6.45) is 11.3. The van der Waals surface area contributed by atoms with Crippen molar-refractivity contribution in [1.82, 2.24) is 5.32 Å². The monoisotopic (exact) mass is 283 g/mol. The highest BCUT2D eigenvalue weighted by Crippen LogP contribution is 2.31. The first-order valence-electron chi connectivity index (χ1n) is 9.04. The van der Waals surface area contributed by atoms with Gasteiger partial charge in [0.05, 0.1) is 6.10 Å². The van der Waals surface area contributed by atoms with Crippen molar-refractivity contribution in [1.29, 1.82) is 0 Å². The number of nitrogens with one attached hydrogen (secondary N) is 1. The zero-order valence-electron chi connectivity index (χ0n) is 14.3. The van der Waals surface area contributed by atoms with Crippen LogP contribution in [-0.2, 0) is 4.74 Å². The molecule has 0 radical (unpaired) electrons. The minimum absolute atomic E-state index is 0.437. The van der Waals surface area contributed by atoms with Crippen LogP contribution < -0.4 is 5.32 Å². The first kappa shape index (κ1) is 18.0. The minimum Gasteiger partial charge on any atom is -0.377 e. The van der Waals surface area contributed by atoms with E-state index >= 15 is 0 Å². The number of rotatable bonds is 10. The van der Waals surface area contributed by atoms with Gasteiger partial charge in [0.2, 0.25) is 0 Å². The lowest BCUT2D eigenvalue weighted by atomic mass is 9.81. The summed E-state index contributed by atoms with van der Waals surface area (Å²) >= 11 is 0. The smallest absolute Gasteiger partial charge is 0.0755 e. The van der Waals surface area contributed by atoms with E-state index in [1.54, 1.807) is 0 Å². The number of likely N-dealkylation sites (N-methyl/N-ethyl adjacent to an activating group) is 1. The van der Waals surface area contributed by atoms with Crippen molar-refractivity contribution in [2.24, 2.45) is 11.8 Å². The lowest BCUT2D eigenvalue weighted by molar-refractivity contribution is -0.0196. The van der Waals surface area contributed by atoms with E-state index in [0.717, 1.165) is 25.0 Å². The Labute approximate surface area is 127 Å². The molecule has 20 heavy (non-hydrogen) atoms. The molecule has 0 heterocycles. The van der Waals surface area contributed by atoms with Crippen LogP contribution in [0.15, 0.2) is 0 Å². The molecule has 2 atom stereocenters. The third-order valence-corrected chi connectivity index (χ3v) is 4.63. The molecule has 120 valence electrons. The summed E-state index contributed by atoms with van der Waals surface area (Å²) in [5.74, 6) is 1.60. The van der Waals surface area contributed by atoms with Gasteiger partial charge < -0.3 is 10.1 Å². The Hall–Kier alpha value is -0.0800. The van der Waals surface area contributed by atoms with Gasteiger partial charge >= 0.3 is 0 Å². The predicted molar refractivity (Wildman–Crippen MR) is 88.1 cm³/mol. The predicted octanol–water partition coefficient (Wildman–Crippen LogP) is 4.78. The van der Waals surface area contributed by atoms with Crippen molar-refractivity contribution in [3.8, 4) is 0 Å². The summed E-state index contributed by atoms with van der Waals surface area (Å²) in [6.45, 7) is 10.9. The average Bonchev–Trinajstić information content (AvgIpc) is 2.44. The fourth-order valence-corrected chi connectivity index (χ4v) is 3.63. The van der Waals surface area contributed by atoms with Gasteiger partial charge in [0.15, 0.2) is 0 Å². The topological polar surface area (TPSA) is 21.3 Å². The van der Waals surface area contributed by atoms with Crippen LogP contribution in [0.2, 0.25) is 0 Å². The molecule has 0 bridgehead atoms. The summed E-state index contributed by atoms with van der Waals surface area (Å²) < 4.78 is 6.19. The van der Waals surface area contributed by atoms with Gasteiger partial charge in [0.1, 0.15) is 0 Å². The maximum atomic E-state index is 6.19. The molecule has 0 saturated heterocycles. The molecule has 1 N–H and O–H groups in total. The highest BCUT2D eigenvalue weighted by molar-refractivity contribution is 4.85. The van der Waals surface area contributed by atoms with Gasteiger partial charge in [-0.05, 0) is 44.6 Å². The summed E-state index contributed by atoms with van der Waals surface area (Å²) in [5.41, 5.74) is 0. The van der Waals surface area contributed by atoms with Crippen LogP contribution >= 0.6 is 0 Å². The number of hydrogen-bond donors (Lipinski definition) is 1. The molecule has 2 nitrogen and oxygen atoms in total. The fraction of sp³-hybridized carbons (Fsp3) is 1.00. The summed E-state index contributed by atoms with van der Waals surface area (Å²) in [5, 5.41) is 3.71. The van der Waals surface area contributed by atoms with E-state index in [1.807, 2.05) is 0 Å². The zero-order valence-corrected chi connectivity index (χ0v) is 14.3. The molecule has 0 amide bonds. The Bertz CT molecular complexity index is 223. The third kappa shape index (κ3) is 6.58. The minimum atomic E-state index is 0.437. The van der Waals surface area contributed by atoms with Gasteiger partial charge in [-0.3, -0.25) is 0 Å². The number of ether oxygens (including phenoxy) is 1. The van der Waals surface area contributed by atoms with Gasteiger partial charge in [-0.15, -0.1) is 0 Å². The van der Waals surface area contributed by atoms with E-state index in [0.29, 0.717) is 12.1 Å². The molecule has 0 aromatic heterocycles. The van der Waals surface area contributed by atoms with Gasteiger partial charge in [-0.1, -0.05) is 52.9 Å². The van der Waals surface area contributed by atoms with Crippen molar-refractivity contribution >= 4 is 0 Å². The molecule has 1 aliphatic rings. The molecule has 1 aliphatic carbocycles. The number of hydrogen-bond acceptors (Lipinski definition) is 2. The van der Waals surface area contributed by atoms with Crippen LogP contribution in [0.5, 0.6) is 0 Å². The summed E-state index contributed by atoms with van der Waals surface area (Å²) in [6, 6.07) is 0.557. The molecule has 1 saturated carbocycles. The van der Waals surface area contributed by atoms with Crippen LogP contribution in [0.25, 0.3) is 0 Å². The third-order valence-electron chi connectivity index (χ3n) is 4.63. The van der Waals surface area contributed by atoms with Crippen LogP contribution in [0.3, 0.4) is 0 Å². The van der Waals surface area contributed by atoms with Gasteiger partial charge in [-0.25, -0.2) is 0 Å². The Kier molecular flexibility index (Phi) is 9.54. The zero-order chi connectivity index (χ0) is 14.8. The Balaban J connectivity index is 2.55. The first-order chi connectivity index (χ1) is 9.69. The molecule has 2 heteroatoms. The molecule has 0 aromatic rings. The summed E-state index contributed by atoms with van der Waals surface area (Å²) in [4.78, 5) is 0. The highest BCUT2D eigenvalue weighted by atomic mass is 16.5. The van der Waals surface area contributed by atoms with Crippen LogP contribution in [-0.4, -0.2) is 25.3 Å². The molecule has 0 aliphatic heterocycles. The van der Waals surface area contributed by atoms with E-state index in [1.165, 1.54) is 51.4 Å². The molecule has 1 rings (SSSR count). The van der Waals surface area contributed by atoms with Crippen molar-refractivity contribution < 1.29 is 4.74 Å². The second-order valence-corrected chi connectivity index (χ2v) is 6.81. The van der Waals surface area contributed by atoms with Crippen LogP contribution in [0.4, 0.5) is 0 Å². The Morgan fingerprint density at radius 2 is 1.75 bits per heavy atom. The van der Waals surface area contributed by atoms with E-state index in [4.69, 9.17) is 4.74 Å². The van der Waals surface area contributed by atoms with Gasteiger partial charge in [0.25, 0.3) is 0 Å².